The number of benzene rings is 2. The molecule has 3 N–H and O–H groups in total. The van der Waals surface area contributed by atoms with Crippen LogP contribution in [0.3, 0.4) is 0 Å². The highest BCUT2D eigenvalue weighted by Gasteiger charge is 2.27. The number of sulfone groups is 1. The van der Waals surface area contributed by atoms with E-state index in [0.717, 1.165) is 27.2 Å². The predicted molar refractivity (Wildman–Crippen MR) is 174 cm³/mol. The third-order valence-corrected chi connectivity index (χ3v) is 10.5. The summed E-state index contributed by atoms with van der Waals surface area (Å²) in [5.74, 6) is -0.863. The zero-order valence-corrected chi connectivity index (χ0v) is 27.3. The second-order valence-electron chi connectivity index (χ2n) is 11.4. The first-order valence-electron chi connectivity index (χ1n) is 15.3. The molecule has 0 radical (unpaired) electrons. The van der Waals surface area contributed by atoms with Gasteiger partial charge in [0.2, 0.25) is 17.7 Å². The predicted octanol–water partition coefficient (Wildman–Crippen LogP) is 2.51. The molecule has 1 aliphatic heterocycles. The number of rotatable bonds is 14. The van der Waals surface area contributed by atoms with E-state index in [1.807, 2.05) is 48.2 Å². The minimum atomic E-state index is -2.99. The summed E-state index contributed by atoms with van der Waals surface area (Å²) in [5, 5.41) is 9.70. The minimum absolute atomic E-state index is 0.110. The minimum Gasteiger partial charge on any atom is -0.354 e. The van der Waals surface area contributed by atoms with Gasteiger partial charge in [-0.15, -0.1) is 11.3 Å². The fourth-order valence-corrected chi connectivity index (χ4v) is 7.53. The van der Waals surface area contributed by atoms with Crippen LogP contribution in [0.1, 0.15) is 43.3 Å². The van der Waals surface area contributed by atoms with Gasteiger partial charge in [-0.1, -0.05) is 57.2 Å². The maximum atomic E-state index is 13.7. The van der Waals surface area contributed by atoms with Gasteiger partial charge >= 0.3 is 0 Å². The van der Waals surface area contributed by atoms with Crippen LogP contribution in [0.15, 0.2) is 48.5 Å². The molecule has 44 heavy (non-hydrogen) atoms. The fraction of sp³-hybridized carbons (Fsp3) is 0.500. The Morgan fingerprint density at radius 1 is 0.955 bits per heavy atom. The van der Waals surface area contributed by atoms with Crippen molar-refractivity contribution in [2.45, 2.75) is 58.5 Å². The van der Waals surface area contributed by atoms with Gasteiger partial charge in [0.05, 0.1) is 32.8 Å². The van der Waals surface area contributed by atoms with E-state index in [1.54, 1.807) is 6.92 Å². The Labute approximate surface area is 263 Å². The zero-order valence-electron chi connectivity index (χ0n) is 25.7. The van der Waals surface area contributed by atoms with Crippen molar-refractivity contribution in [3.63, 3.8) is 0 Å². The number of nitrogens with zero attached hydrogens (tertiary/aromatic N) is 2. The molecule has 238 valence electrons. The first-order valence-corrected chi connectivity index (χ1v) is 17.9. The molecule has 2 aromatic carbocycles. The summed E-state index contributed by atoms with van der Waals surface area (Å²) in [7, 11) is -2.99. The van der Waals surface area contributed by atoms with Crippen LogP contribution in [0, 0.1) is 5.92 Å². The number of amides is 3. The first-order chi connectivity index (χ1) is 21.0. The van der Waals surface area contributed by atoms with Crippen LogP contribution in [0.4, 0.5) is 0 Å². The summed E-state index contributed by atoms with van der Waals surface area (Å²) in [6.45, 7) is 7.17. The van der Waals surface area contributed by atoms with Crippen LogP contribution in [0.2, 0.25) is 0 Å². The maximum Gasteiger partial charge on any atom is 0.243 e. The second-order valence-corrected chi connectivity index (χ2v) is 14.9. The Balaban J connectivity index is 1.43. The van der Waals surface area contributed by atoms with E-state index in [4.69, 9.17) is 4.98 Å². The molecule has 0 saturated carbocycles. The van der Waals surface area contributed by atoms with Crippen molar-refractivity contribution in [3.8, 4) is 0 Å². The van der Waals surface area contributed by atoms with Gasteiger partial charge in [-0.2, -0.15) is 0 Å². The Bertz CT molecular complexity index is 1530. The average molecular weight is 642 g/mol. The summed E-state index contributed by atoms with van der Waals surface area (Å²) in [6.07, 6.45) is 1.90. The molecule has 10 nitrogen and oxygen atoms in total. The summed E-state index contributed by atoms with van der Waals surface area (Å²) in [6, 6.07) is 14.6. The molecule has 0 aliphatic carbocycles. The molecule has 1 aromatic heterocycles. The van der Waals surface area contributed by atoms with Gasteiger partial charge in [0.1, 0.15) is 6.04 Å². The van der Waals surface area contributed by atoms with E-state index < -0.39 is 21.9 Å². The average Bonchev–Trinajstić information content (AvgIpc) is 3.42. The number of fused-ring (bicyclic) bond motifs is 1. The van der Waals surface area contributed by atoms with E-state index in [-0.39, 0.29) is 54.5 Å². The number of hydrogen-bond donors (Lipinski definition) is 3. The molecule has 3 aromatic rings. The highest BCUT2D eigenvalue weighted by atomic mass is 32.2. The standard InChI is InChI=1S/C32H43N5O5S2/c1-4-23-11-12-26-28(18-23)43-30(36-26)19-27(35-29(38)5-2)32(40)34-25(17-24-9-7-6-8-10-24)20-33-31(39)22(3)21-37-13-15-44(41,42)16-14-37/h6-12,18,22,25,27H,4-5,13-17,19-21H2,1-3H3,(H,33,39)(H,34,40)(H,35,38)/t22?,25-,27-/m0/s1. The number of thiazole rings is 1. The van der Waals surface area contributed by atoms with Gasteiger partial charge in [-0.25, -0.2) is 13.4 Å². The van der Waals surface area contributed by atoms with Crippen LogP contribution in [0.5, 0.6) is 0 Å². The van der Waals surface area contributed by atoms with Gasteiger partial charge in [-0.3, -0.25) is 14.4 Å². The van der Waals surface area contributed by atoms with E-state index in [0.29, 0.717) is 26.1 Å². The number of aryl methyl sites for hydroxylation is 1. The fourth-order valence-electron chi connectivity index (χ4n) is 5.18. The van der Waals surface area contributed by atoms with E-state index in [2.05, 4.69) is 35.0 Å². The van der Waals surface area contributed by atoms with Gasteiger partial charge in [0.15, 0.2) is 9.84 Å². The summed E-state index contributed by atoms with van der Waals surface area (Å²) >= 11 is 1.52. The normalized spacial score (nSPS) is 17.0. The molecule has 3 amide bonds. The first kappa shape index (κ1) is 33.5. The van der Waals surface area contributed by atoms with Crippen molar-refractivity contribution >= 4 is 49.1 Å². The topological polar surface area (TPSA) is 138 Å². The Kier molecular flexibility index (Phi) is 11.9. The van der Waals surface area contributed by atoms with Gasteiger partial charge in [0.25, 0.3) is 0 Å². The zero-order chi connectivity index (χ0) is 31.7. The third kappa shape index (κ3) is 9.83. The lowest BCUT2D eigenvalue weighted by molar-refractivity contribution is -0.129. The molecule has 1 saturated heterocycles. The van der Waals surface area contributed by atoms with Crippen molar-refractivity contribution in [2.75, 3.05) is 37.7 Å². The van der Waals surface area contributed by atoms with Gasteiger partial charge in [-0.05, 0) is 36.1 Å². The van der Waals surface area contributed by atoms with Crippen LogP contribution >= 0.6 is 11.3 Å². The monoisotopic (exact) mass is 641 g/mol. The highest BCUT2D eigenvalue weighted by Crippen LogP contribution is 2.24. The van der Waals surface area contributed by atoms with Crippen molar-refractivity contribution in [1.82, 2.24) is 25.8 Å². The number of aromatic nitrogens is 1. The summed E-state index contributed by atoms with van der Waals surface area (Å²) in [4.78, 5) is 45.9. The molecule has 4 rings (SSSR count). The molecule has 0 bridgehead atoms. The Hall–Kier alpha value is -3.35. The maximum absolute atomic E-state index is 13.7. The summed E-state index contributed by atoms with van der Waals surface area (Å²) in [5.41, 5.74) is 3.08. The van der Waals surface area contributed by atoms with Crippen LogP contribution in [0.25, 0.3) is 10.2 Å². The van der Waals surface area contributed by atoms with Crippen molar-refractivity contribution in [3.05, 3.63) is 64.7 Å². The molecule has 0 spiro atoms. The molecule has 1 aliphatic rings. The number of nitrogens with one attached hydrogen (secondary N) is 3. The van der Waals surface area contributed by atoms with Crippen LogP contribution < -0.4 is 16.0 Å². The van der Waals surface area contributed by atoms with Crippen molar-refractivity contribution in [2.24, 2.45) is 5.92 Å². The Morgan fingerprint density at radius 3 is 2.36 bits per heavy atom. The lowest BCUT2D eigenvalue weighted by Gasteiger charge is -2.29. The SMILES string of the molecule is CCC(=O)N[C@@H](Cc1nc2ccc(CC)cc2s1)C(=O)N[C@H](CNC(=O)C(C)CN1CCS(=O)(=O)CC1)Cc1ccccc1. The van der Waals surface area contributed by atoms with Gasteiger partial charge < -0.3 is 20.9 Å². The lowest BCUT2D eigenvalue weighted by atomic mass is 10.0. The second kappa shape index (κ2) is 15.6. The number of carbonyl (C=O) groups is 3. The number of carbonyl (C=O) groups excluding carboxylic acids is 3. The van der Waals surface area contributed by atoms with E-state index >= 15 is 0 Å². The van der Waals surface area contributed by atoms with Crippen LogP contribution in [-0.2, 0) is 43.5 Å². The molecule has 2 heterocycles. The molecule has 1 fully saturated rings. The largest absolute Gasteiger partial charge is 0.354 e. The highest BCUT2D eigenvalue weighted by molar-refractivity contribution is 7.91. The lowest BCUT2D eigenvalue weighted by Crippen LogP contribution is -2.54. The summed E-state index contributed by atoms with van der Waals surface area (Å²) < 4.78 is 24.6. The molecule has 3 atom stereocenters. The van der Waals surface area contributed by atoms with Crippen molar-refractivity contribution in [1.29, 1.82) is 0 Å². The van der Waals surface area contributed by atoms with Crippen LogP contribution in [-0.4, -0.2) is 85.8 Å². The van der Waals surface area contributed by atoms with Gasteiger partial charge in [0, 0.05) is 44.9 Å². The van der Waals surface area contributed by atoms with Crippen molar-refractivity contribution < 1.29 is 22.8 Å². The Morgan fingerprint density at radius 2 is 1.68 bits per heavy atom. The van der Waals surface area contributed by atoms with E-state index in [9.17, 15) is 22.8 Å². The van der Waals surface area contributed by atoms with E-state index in [1.165, 1.54) is 16.9 Å². The quantitative estimate of drug-likeness (QED) is 0.246. The third-order valence-electron chi connectivity index (χ3n) is 7.87. The number of hydrogen-bond acceptors (Lipinski definition) is 8. The molecule has 12 heteroatoms. The molecule has 1 unspecified atom stereocenters. The molecular weight excluding hydrogens is 599 g/mol. The molecular formula is C32H43N5O5S2. The smallest absolute Gasteiger partial charge is 0.243 e.